The molecule has 0 aliphatic rings. The van der Waals surface area contributed by atoms with E-state index in [1.807, 2.05) is 42.5 Å². The van der Waals surface area contributed by atoms with Gasteiger partial charge >= 0.3 is 0 Å². The maximum absolute atomic E-state index is 12.5. The number of nitrogens with one attached hydrogen (secondary N) is 1. The Hall–Kier alpha value is -3.38. The summed E-state index contributed by atoms with van der Waals surface area (Å²) in [6, 6.07) is 18.3. The molecule has 0 bridgehead atoms. The maximum atomic E-state index is 12.5. The van der Waals surface area contributed by atoms with Crippen LogP contribution in [0.25, 0.3) is 11.6 Å². The zero-order valence-corrected chi connectivity index (χ0v) is 15.5. The number of benzene rings is 2. The minimum Gasteiger partial charge on any atom is -0.461 e. The molecule has 0 atom stereocenters. The van der Waals surface area contributed by atoms with Gasteiger partial charge in [0.25, 0.3) is 0 Å². The van der Waals surface area contributed by atoms with Crippen LogP contribution in [0.2, 0.25) is 5.02 Å². The minimum absolute atomic E-state index is 0.151. The molecule has 4 aromatic rings. The number of amides is 1. The molecular weight excluding hydrogens is 378 g/mol. The van der Waals surface area contributed by atoms with Gasteiger partial charge in [0.05, 0.1) is 19.1 Å². The monoisotopic (exact) mass is 393 g/mol. The molecule has 4 rings (SSSR count). The smallest absolute Gasteiger partial charge is 0.238 e. The molecule has 2 heterocycles. The van der Waals surface area contributed by atoms with Crippen LogP contribution >= 0.6 is 11.6 Å². The van der Waals surface area contributed by atoms with Crippen molar-refractivity contribution in [2.24, 2.45) is 0 Å². The van der Waals surface area contributed by atoms with Gasteiger partial charge in [0.15, 0.2) is 5.76 Å². The Kier molecular flexibility index (Phi) is 5.21. The van der Waals surface area contributed by atoms with Crippen molar-refractivity contribution in [1.82, 2.24) is 10.1 Å². The Balaban J connectivity index is 1.48. The second-order valence-electron chi connectivity index (χ2n) is 6.14. The van der Waals surface area contributed by atoms with Gasteiger partial charge in [-0.15, -0.1) is 0 Å². The second-order valence-corrected chi connectivity index (χ2v) is 6.55. The molecule has 1 N–H and O–H groups in total. The summed E-state index contributed by atoms with van der Waals surface area (Å²) in [6.07, 6.45) is 2.13. The van der Waals surface area contributed by atoms with Gasteiger partial charge in [-0.05, 0) is 35.4 Å². The summed E-state index contributed by atoms with van der Waals surface area (Å²) < 4.78 is 10.6. The molecule has 0 aliphatic heterocycles. The SMILES string of the molecule is O=C(Cc1ccccc1Cl)Nc1ccccc1Cc1nc(-c2ccco2)no1. The number of furan rings is 1. The predicted molar refractivity (Wildman–Crippen MR) is 105 cm³/mol. The van der Waals surface area contributed by atoms with E-state index in [0.717, 1.165) is 11.1 Å². The van der Waals surface area contributed by atoms with E-state index in [2.05, 4.69) is 15.5 Å². The number of halogens is 1. The molecule has 0 radical (unpaired) electrons. The highest BCUT2D eigenvalue weighted by Gasteiger charge is 2.14. The van der Waals surface area contributed by atoms with Crippen LogP contribution in [0.15, 0.2) is 75.9 Å². The summed E-state index contributed by atoms with van der Waals surface area (Å²) >= 11 is 6.14. The average molecular weight is 394 g/mol. The van der Waals surface area contributed by atoms with Gasteiger partial charge < -0.3 is 14.3 Å². The van der Waals surface area contributed by atoms with Gasteiger partial charge in [-0.3, -0.25) is 4.79 Å². The Morgan fingerprint density at radius 2 is 1.79 bits per heavy atom. The molecule has 0 unspecified atom stereocenters. The third-order valence-electron chi connectivity index (χ3n) is 4.15. The third-order valence-corrected chi connectivity index (χ3v) is 4.52. The van der Waals surface area contributed by atoms with E-state index in [1.54, 1.807) is 24.5 Å². The van der Waals surface area contributed by atoms with E-state index >= 15 is 0 Å². The first kappa shape index (κ1) is 18.0. The van der Waals surface area contributed by atoms with Crippen LogP contribution in [-0.4, -0.2) is 16.0 Å². The predicted octanol–water partition coefficient (Wildman–Crippen LogP) is 4.76. The van der Waals surface area contributed by atoms with Crippen molar-refractivity contribution in [3.63, 3.8) is 0 Å². The lowest BCUT2D eigenvalue weighted by Crippen LogP contribution is -2.16. The van der Waals surface area contributed by atoms with Crippen molar-refractivity contribution in [2.45, 2.75) is 12.8 Å². The molecule has 2 aromatic carbocycles. The zero-order chi connectivity index (χ0) is 19.3. The van der Waals surface area contributed by atoms with Crippen molar-refractivity contribution >= 4 is 23.2 Å². The minimum atomic E-state index is -0.151. The van der Waals surface area contributed by atoms with Crippen LogP contribution in [0.1, 0.15) is 17.0 Å². The van der Waals surface area contributed by atoms with Gasteiger partial charge in [0, 0.05) is 10.7 Å². The molecule has 0 spiro atoms. The van der Waals surface area contributed by atoms with Gasteiger partial charge in [-0.1, -0.05) is 53.2 Å². The molecule has 1 amide bonds. The number of anilines is 1. The molecule has 0 aliphatic carbocycles. The van der Waals surface area contributed by atoms with Gasteiger partial charge in [0.1, 0.15) is 0 Å². The lowest BCUT2D eigenvalue weighted by molar-refractivity contribution is -0.115. The lowest BCUT2D eigenvalue weighted by atomic mass is 10.1. The number of nitrogens with zero attached hydrogens (tertiary/aromatic N) is 2. The van der Waals surface area contributed by atoms with Crippen LogP contribution in [0.3, 0.4) is 0 Å². The summed E-state index contributed by atoms with van der Waals surface area (Å²) in [5, 5.41) is 7.44. The number of carbonyl (C=O) groups excluding carboxylic acids is 1. The molecule has 6 nitrogen and oxygen atoms in total. The first-order valence-corrected chi connectivity index (χ1v) is 9.04. The van der Waals surface area contributed by atoms with E-state index in [0.29, 0.717) is 34.6 Å². The van der Waals surface area contributed by atoms with E-state index in [9.17, 15) is 4.79 Å². The number of carbonyl (C=O) groups is 1. The van der Waals surface area contributed by atoms with Crippen molar-refractivity contribution < 1.29 is 13.7 Å². The molecule has 28 heavy (non-hydrogen) atoms. The third kappa shape index (κ3) is 4.13. The molecule has 0 fully saturated rings. The highest BCUT2D eigenvalue weighted by Crippen LogP contribution is 2.22. The van der Waals surface area contributed by atoms with Crippen LogP contribution in [0.5, 0.6) is 0 Å². The first-order chi connectivity index (χ1) is 13.7. The molecule has 0 saturated heterocycles. The Morgan fingerprint density at radius 1 is 1.00 bits per heavy atom. The fraction of sp³-hybridized carbons (Fsp3) is 0.0952. The first-order valence-electron chi connectivity index (χ1n) is 8.66. The lowest BCUT2D eigenvalue weighted by Gasteiger charge is -2.10. The largest absolute Gasteiger partial charge is 0.461 e. The second kappa shape index (κ2) is 8.10. The van der Waals surface area contributed by atoms with Crippen LogP contribution < -0.4 is 5.32 Å². The molecule has 0 saturated carbocycles. The van der Waals surface area contributed by atoms with Crippen molar-refractivity contribution in [1.29, 1.82) is 0 Å². The number of aromatic nitrogens is 2. The van der Waals surface area contributed by atoms with E-state index in [4.69, 9.17) is 20.5 Å². The average Bonchev–Trinajstić information content (AvgIpc) is 3.37. The summed E-state index contributed by atoms with van der Waals surface area (Å²) in [6.45, 7) is 0. The summed E-state index contributed by atoms with van der Waals surface area (Å²) in [5.74, 6) is 1.21. The fourth-order valence-corrected chi connectivity index (χ4v) is 3.00. The van der Waals surface area contributed by atoms with Gasteiger partial charge in [-0.2, -0.15) is 4.98 Å². The fourth-order valence-electron chi connectivity index (χ4n) is 2.80. The van der Waals surface area contributed by atoms with Crippen molar-refractivity contribution in [3.8, 4) is 11.6 Å². The Labute approximate surface area is 166 Å². The van der Waals surface area contributed by atoms with Crippen LogP contribution in [0.4, 0.5) is 5.69 Å². The van der Waals surface area contributed by atoms with Crippen molar-refractivity contribution in [3.05, 3.63) is 89.0 Å². The summed E-state index contributed by atoms with van der Waals surface area (Å²) in [5.41, 5.74) is 2.33. The highest BCUT2D eigenvalue weighted by atomic mass is 35.5. The number of hydrogen-bond acceptors (Lipinski definition) is 5. The van der Waals surface area contributed by atoms with Crippen LogP contribution in [0, 0.1) is 0 Å². The number of hydrogen-bond donors (Lipinski definition) is 1. The molecule has 7 heteroatoms. The van der Waals surface area contributed by atoms with E-state index < -0.39 is 0 Å². The Bertz CT molecular complexity index is 1090. The quantitative estimate of drug-likeness (QED) is 0.511. The maximum Gasteiger partial charge on any atom is 0.238 e. The normalized spacial score (nSPS) is 10.8. The standard InChI is InChI=1S/C21H16ClN3O3/c22-16-8-3-1-6-14(16)12-19(26)23-17-9-4-2-7-15(17)13-20-24-21(25-28-20)18-10-5-11-27-18/h1-11H,12-13H2,(H,23,26). The van der Waals surface area contributed by atoms with Gasteiger partial charge in [0.2, 0.25) is 17.6 Å². The highest BCUT2D eigenvalue weighted by molar-refractivity contribution is 6.31. The van der Waals surface area contributed by atoms with E-state index in [1.165, 1.54) is 0 Å². The Morgan fingerprint density at radius 3 is 2.57 bits per heavy atom. The number of rotatable bonds is 6. The topological polar surface area (TPSA) is 81.2 Å². The molecule has 140 valence electrons. The zero-order valence-electron chi connectivity index (χ0n) is 14.8. The van der Waals surface area contributed by atoms with Crippen LogP contribution in [-0.2, 0) is 17.6 Å². The molecular formula is C21H16ClN3O3. The number of para-hydroxylation sites is 1. The molecule has 2 aromatic heterocycles. The van der Waals surface area contributed by atoms with Crippen molar-refractivity contribution in [2.75, 3.05) is 5.32 Å². The summed E-state index contributed by atoms with van der Waals surface area (Å²) in [4.78, 5) is 16.8. The van der Waals surface area contributed by atoms with E-state index in [-0.39, 0.29) is 12.3 Å². The summed E-state index contributed by atoms with van der Waals surface area (Å²) in [7, 11) is 0. The van der Waals surface area contributed by atoms with Gasteiger partial charge in [-0.25, -0.2) is 0 Å².